The summed E-state index contributed by atoms with van der Waals surface area (Å²) >= 11 is 0. The third kappa shape index (κ3) is 7.35. The average molecular weight is 335 g/mol. The summed E-state index contributed by atoms with van der Waals surface area (Å²) < 4.78 is 10.1. The number of aliphatic imine (C=N–C) groups is 1. The summed E-state index contributed by atoms with van der Waals surface area (Å²) in [5.74, 6) is 1.56. The maximum Gasteiger partial charge on any atom is 0.305 e. The molecule has 1 N–H and O–H groups in total. The van der Waals surface area contributed by atoms with Gasteiger partial charge in [-0.25, -0.2) is 0 Å². The molecule has 0 aromatic heterocycles. The van der Waals surface area contributed by atoms with Crippen LogP contribution in [0, 0.1) is 0 Å². The van der Waals surface area contributed by atoms with Gasteiger partial charge in [-0.2, -0.15) is 0 Å². The lowest BCUT2D eigenvalue weighted by atomic mass is 10.2. The smallest absolute Gasteiger partial charge is 0.305 e. The van der Waals surface area contributed by atoms with Gasteiger partial charge in [0.2, 0.25) is 0 Å². The van der Waals surface area contributed by atoms with E-state index in [0.29, 0.717) is 13.0 Å². The number of carbonyl (C=O) groups excluding carboxylic acids is 1. The van der Waals surface area contributed by atoms with E-state index in [-0.39, 0.29) is 5.97 Å². The number of ether oxygens (including phenoxy) is 2. The fourth-order valence-electron chi connectivity index (χ4n) is 2.29. The third-order valence-corrected chi connectivity index (χ3v) is 3.55. The van der Waals surface area contributed by atoms with E-state index in [0.717, 1.165) is 37.6 Å². The normalized spacial score (nSPS) is 11.1. The van der Waals surface area contributed by atoms with E-state index in [1.165, 1.54) is 12.7 Å². The standard InChI is InChI=1S/C18H29N3O3/c1-5-24-16-11-9-15(10-12-16)14-21(3)18(19-2)20-13-7-6-8-17(22)23-4/h9-12H,5-8,13-14H2,1-4H3,(H,19,20). The first kappa shape index (κ1) is 19.8. The summed E-state index contributed by atoms with van der Waals surface area (Å²) in [6.45, 7) is 4.18. The molecule has 0 aliphatic heterocycles. The van der Waals surface area contributed by atoms with Gasteiger partial charge in [0.1, 0.15) is 5.75 Å². The van der Waals surface area contributed by atoms with Crippen LogP contribution in [0.4, 0.5) is 0 Å². The Morgan fingerprint density at radius 3 is 2.54 bits per heavy atom. The number of guanidine groups is 1. The Hall–Kier alpha value is -2.24. The van der Waals surface area contributed by atoms with Crippen LogP contribution in [-0.4, -0.2) is 51.2 Å². The van der Waals surface area contributed by atoms with Gasteiger partial charge in [0, 0.05) is 33.6 Å². The minimum atomic E-state index is -0.160. The molecule has 0 atom stereocenters. The number of benzene rings is 1. The van der Waals surface area contributed by atoms with Gasteiger partial charge in [0.05, 0.1) is 13.7 Å². The molecule has 6 heteroatoms. The summed E-state index contributed by atoms with van der Waals surface area (Å²) in [4.78, 5) is 17.4. The van der Waals surface area contributed by atoms with Gasteiger partial charge in [-0.05, 0) is 37.5 Å². The summed E-state index contributed by atoms with van der Waals surface area (Å²) in [6.07, 6.45) is 2.16. The second-order valence-corrected chi connectivity index (χ2v) is 5.44. The van der Waals surface area contributed by atoms with Crippen LogP contribution >= 0.6 is 0 Å². The summed E-state index contributed by atoms with van der Waals surface area (Å²) in [7, 11) is 5.18. The van der Waals surface area contributed by atoms with Crippen molar-refractivity contribution in [3.63, 3.8) is 0 Å². The minimum absolute atomic E-state index is 0.160. The Morgan fingerprint density at radius 2 is 1.96 bits per heavy atom. The quantitative estimate of drug-likeness (QED) is 0.325. The first-order valence-corrected chi connectivity index (χ1v) is 8.31. The van der Waals surface area contributed by atoms with E-state index < -0.39 is 0 Å². The number of carbonyl (C=O) groups is 1. The third-order valence-electron chi connectivity index (χ3n) is 3.55. The molecule has 0 saturated heterocycles. The van der Waals surface area contributed by atoms with Crippen molar-refractivity contribution in [1.82, 2.24) is 10.2 Å². The van der Waals surface area contributed by atoms with Gasteiger partial charge in [-0.3, -0.25) is 9.79 Å². The zero-order valence-electron chi connectivity index (χ0n) is 15.2. The molecule has 0 aliphatic rings. The molecule has 0 unspecified atom stereocenters. The summed E-state index contributed by atoms with van der Waals surface area (Å²) in [6, 6.07) is 8.08. The van der Waals surface area contributed by atoms with Crippen molar-refractivity contribution in [3.8, 4) is 5.75 Å². The molecule has 0 bridgehead atoms. The molecular formula is C18H29N3O3. The molecule has 1 aromatic rings. The Balaban J connectivity index is 2.37. The highest BCUT2D eigenvalue weighted by atomic mass is 16.5. The molecule has 0 amide bonds. The summed E-state index contributed by atoms with van der Waals surface area (Å²) in [5.41, 5.74) is 1.19. The van der Waals surface area contributed by atoms with Crippen molar-refractivity contribution in [2.75, 3.05) is 34.4 Å². The van der Waals surface area contributed by atoms with E-state index in [4.69, 9.17) is 4.74 Å². The van der Waals surface area contributed by atoms with E-state index in [1.807, 2.05) is 26.1 Å². The molecule has 0 fully saturated rings. The highest BCUT2D eigenvalue weighted by Crippen LogP contribution is 2.13. The minimum Gasteiger partial charge on any atom is -0.494 e. The van der Waals surface area contributed by atoms with E-state index in [2.05, 4.69) is 32.1 Å². The van der Waals surface area contributed by atoms with Crippen molar-refractivity contribution in [1.29, 1.82) is 0 Å². The molecule has 134 valence electrons. The number of esters is 1. The van der Waals surface area contributed by atoms with Crippen LogP contribution in [0.3, 0.4) is 0 Å². The highest BCUT2D eigenvalue weighted by Gasteiger charge is 2.07. The molecular weight excluding hydrogens is 306 g/mol. The lowest BCUT2D eigenvalue weighted by Gasteiger charge is -2.22. The Morgan fingerprint density at radius 1 is 1.25 bits per heavy atom. The SMILES string of the molecule is CCOc1ccc(CN(C)C(=NC)NCCCCC(=O)OC)cc1. The summed E-state index contributed by atoms with van der Waals surface area (Å²) in [5, 5.41) is 3.31. The van der Waals surface area contributed by atoms with E-state index >= 15 is 0 Å². The zero-order valence-corrected chi connectivity index (χ0v) is 15.2. The van der Waals surface area contributed by atoms with Crippen LogP contribution in [-0.2, 0) is 16.1 Å². The highest BCUT2D eigenvalue weighted by molar-refractivity contribution is 5.79. The second kappa shape index (κ2) is 11.3. The monoisotopic (exact) mass is 335 g/mol. The van der Waals surface area contributed by atoms with Crippen molar-refractivity contribution >= 4 is 11.9 Å². The molecule has 24 heavy (non-hydrogen) atoms. The largest absolute Gasteiger partial charge is 0.494 e. The van der Waals surface area contributed by atoms with Crippen molar-refractivity contribution < 1.29 is 14.3 Å². The van der Waals surface area contributed by atoms with Crippen LogP contribution < -0.4 is 10.1 Å². The first-order chi connectivity index (χ1) is 11.6. The van der Waals surface area contributed by atoms with Crippen LogP contribution in [0.5, 0.6) is 5.75 Å². The predicted octanol–water partition coefficient (Wildman–Crippen LogP) is 2.44. The number of methoxy groups -OCH3 is 1. The fraction of sp³-hybridized carbons (Fsp3) is 0.556. The molecule has 0 radical (unpaired) electrons. The maximum atomic E-state index is 11.1. The molecule has 6 nitrogen and oxygen atoms in total. The van der Waals surface area contributed by atoms with Gasteiger partial charge < -0.3 is 19.7 Å². The number of hydrogen-bond donors (Lipinski definition) is 1. The van der Waals surface area contributed by atoms with Crippen molar-refractivity contribution in [3.05, 3.63) is 29.8 Å². The number of nitrogens with one attached hydrogen (secondary N) is 1. The van der Waals surface area contributed by atoms with Crippen molar-refractivity contribution in [2.24, 2.45) is 4.99 Å². The fourth-order valence-corrected chi connectivity index (χ4v) is 2.29. The predicted molar refractivity (Wildman–Crippen MR) is 96.3 cm³/mol. The van der Waals surface area contributed by atoms with Gasteiger partial charge in [0.25, 0.3) is 0 Å². The lowest BCUT2D eigenvalue weighted by molar-refractivity contribution is -0.140. The number of unbranched alkanes of at least 4 members (excludes halogenated alkanes) is 1. The maximum absolute atomic E-state index is 11.1. The van der Waals surface area contributed by atoms with E-state index in [9.17, 15) is 4.79 Å². The van der Waals surface area contributed by atoms with Gasteiger partial charge >= 0.3 is 5.97 Å². The van der Waals surface area contributed by atoms with Gasteiger partial charge in [0.15, 0.2) is 5.96 Å². The van der Waals surface area contributed by atoms with Gasteiger partial charge in [-0.1, -0.05) is 12.1 Å². The molecule has 0 heterocycles. The van der Waals surface area contributed by atoms with Gasteiger partial charge in [-0.15, -0.1) is 0 Å². The molecule has 1 aromatic carbocycles. The van der Waals surface area contributed by atoms with E-state index in [1.54, 1.807) is 7.05 Å². The second-order valence-electron chi connectivity index (χ2n) is 5.44. The zero-order chi connectivity index (χ0) is 17.8. The van der Waals surface area contributed by atoms with Crippen LogP contribution in [0.15, 0.2) is 29.3 Å². The Kier molecular flexibility index (Phi) is 9.34. The topological polar surface area (TPSA) is 63.2 Å². The Labute approximate surface area is 144 Å². The first-order valence-electron chi connectivity index (χ1n) is 8.31. The molecule has 1 rings (SSSR count). The number of hydrogen-bond acceptors (Lipinski definition) is 4. The Bertz CT molecular complexity index is 515. The van der Waals surface area contributed by atoms with Crippen molar-refractivity contribution in [2.45, 2.75) is 32.7 Å². The molecule has 0 saturated carbocycles. The molecule has 0 aliphatic carbocycles. The number of rotatable bonds is 9. The average Bonchev–Trinajstić information content (AvgIpc) is 2.59. The van der Waals surface area contributed by atoms with Crippen LogP contribution in [0.25, 0.3) is 0 Å². The lowest BCUT2D eigenvalue weighted by Crippen LogP contribution is -2.38. The van der Waals surface area contributed by atoms with Crippen LogP contribution in [0.2, 0.25) is 0 Å². The molecule has 0 spiro atoms. The number of nitrogens with zero attached hydrogens (tertiary/aromatic N) is 2. The van der Waals surface area contributed by atoms with Crippen LogP contribution in [0.1, 0.15) is 31.7 Å².